The van der Waals surface area contributed by atoms with Crippen LogP contribution >= 0.6 is 11.3 Å². The Balaban J connectivity index is 1.55. The van der Waals surface area contributed by atoms with E-state index in [4.69, 9.17) is 0 Å². The standard InChI is InChI=1S/C16H26N4O3S2/c1-3-6-17-15-19-20-16(24-15)25(22,23)9-14(21)18-10(2)13-8-11-4-5-12(13)7-11/h10-13H,3-9H2,1-2H3,(H,17,19)(H,18,21)/t10-,11+,12+,13-/m1/s1. The second-order valence-electron chi connectivity index (χ2n) is 7.25. The Labute approximate surface area is 152 Å². The van der Waals surface area contributed by atoms with Crippen molar-refractivity contribution in [3.05, 3.63) is 0 Å². The van der Waals surface area contributed by atoms with Gasteiger partial charge in [-0.15, -0.1) is 10.2 Å². The second-order valence-corrected chi connectivity index (χ2v) is 10.4. The van der Waals surface area contributed by atoms with Gasteiger partial charge in [0.2, 0.25) is 25.2 Å². The molecule has 0 aliphatic heterocycles. The monoisotopic (exact) mass is 386 g/mol. The molecule has 1 aromatic rings. The Morgan fingerprint density at radius 1 is 1.32 bits per heavy atom. The highest BCUT2D eigenvalue weighted by atomic mass is 32.2. The van der Waals surface area contributed by atoms with Gasteiger partial charge in [0.1, 0.15) is 5.75 Å². The smallest absolute Gasteiger partial charge is 0.235 e. The molecule has 0 saturated heterocycles. The van der Waals surface area contributed by atoms with E-state index in [1.54, 1.807) is 0 Å². The van der Waals surface area contributed by atoms with E-state index in [-0.39, 0.29) is 10.4 Å². The first-order valence-corrected chi connectivity index (χ1v) is 11.5. The lowest BCUT2D eigenvalue weighted by atomic mass is 9.84. The van der Waals surface area contributed by atoms with Gasteiger partial charge in [0, 0.05) is 12.6 Å². The molecule has 4 atom stereocenters. The quantitative estimate of drug-likeness (QED) is 0.709. The number of hydrogen-bond acceptors (Lipinski definition) is 7. The molecular weight excluding hydrogens is 360 g/mol. The van der Waals surface area contributed by atoms with E-state index in [2.05, 4.69) is 20.8 Å². The van der Waals surface area contributed by atoms with E-state index in [1.807, 2.05) is 13.8 Å². The summed E-state index contributed by atoms with van der Waals surface area (Å²) in [6.45, 7) is 4.71. The summed E-state index contributed by atoms with van der Waals surface area (Å²) < 4.78 is 24.7. The molecule has 140 valence electrons. The lowest BCUT2D eigenvalue weighted by Crippen LogP contribution is -2.42. The predicted octanol–water partition coefficient (Wildman–Crippen LogP) is 2.07. The third-order valence-electron chi connectivity index (χ3n) is 5.34. The van der Waals surface area contributed by atoms with Crippen LogP contribution in [0.3, 0.4) is 0 Å². The molecule has 7 nitrogen and oxygen atoms in total. The highest BCUT2D eigenvalue weighted by Gasteiger charge is 2.42. The zero-order chi connectivity index (χ0) is 18.0. The van der Waals surface area contributed by atoms with Gasteiger partial charge in [-0.05, 0) is 50.4 Å². The SMILES string of the molecule is CCCNc1nnc(S(=O)(=O)CC(=O)N[C@H](C)[C@H]2C[C@H]3CC[C@H]2C3)s1. The number of fused-ring (bicyclic) bond motifs is 2. The van der Waals surface area contributed by atoms with Crippen molar-refractivity contribution in [2.45, 2.75) is 56.3 Å². The fraction of sp³-hybridized carbons (Fsp3) is 0.812. The molecule has 1 aromatic heterocycles. The van der Waals surface area contributed by atoms with Gasteiger partial charge in [0.25, 0.3) is 0 Å². The average Bonchev–Trinajstić information content (AvgIpc) is 3.28. The summed E-state index contributed by atoms with van der Waals surface area (Å²) in [5.41, 5.74) is 0. The minimum Gasteiger partial charge on any atom is -0.360 e. The van der Waals surface area contributed by atoms with E-state index >= 15 is 0 Å². The van der Waals surface area contributed by atoms with Crippen LogP contribution in [-0.4, -0.2) is 42.9 Å². The number of rotatable bonds is 8. The zero-order valence-electron chi connectivity index (χ0n) is 14.7. The highest BCUT2D eigenvalue weighted by Crippen LogP contribution is 2.49. The first-order chi connectivity index (χ1) is 11.9. The number of amides is 1. The van der Waals surface area contributed by atoms with Crippen molar-refractivity contribution in [1.29, 1.82) is 0 Å². The van der Waals surface area contributed by atoms with E-state index in [9.17, 15) is 13.2 Å². The van der Waals surface area contributed by atoms with Crippen LogP contribution in [0.2, 0.25) is 0 Å². The summed E-state index contributed by atoms with van der Waals surface area (Å²) >= 11 is 0.974. The number of sulfone groups is 1. The van der Waals surface area contributed by atoms with Crippen molar-refractivity contribution in [1.82, 2.24) is 15.5 Å². The summed E-state index contributed by atoms with van der Waals surface area (Å²) in [5.74, 6) is 0.951. The van der Waals surface area contributed by atoms with Gasteiger partial charge in [-0.3, -0.25) is 4.79 Å². The van der Waals surface area contributed by atoms with Gasteiger partial charge in [0.05, 0.1) is 0 Å². The molecule has 1 amide bonds. The van der Waals surface area contributed by atoms with Crippen LogP contribution in [0.5, 0.6) is 0 Å². The molecule has 2 saturated carbocycles. The number of anilines is 1. The van der Waals surface area contributed by atoms with Crippen LogP contribution in [0, 0.1) is 17.8 Å². The second kappa shape index (κ2) is 7.57. The number of carbonyl (C=O) groups is 1. The fourth-order valence-corrected chi connectivity index (χ4v) is 6.32. The van der Waals surface area contributed by atoms with Crippen molar-refractivity contribution < 1.29 is 13.2 Å². The molecule has 2 fully saturated rings. The minimum absolute atomic E-state index is 0.0224. The Morgan fingerprint density at radius 3 is 2.76 bits per heavy atom. The van der Waals surface area contributed by atoms with Gasteiger partial charge in [-0.2, -0.15) is 0 Å². The molecule has 1 heterocycles. The highest BCUT2D eigenvalue weighted by molar-refractivity contribution is 7.94. The van der Waals surface area contributed by atoms with Crippen LogP contribution in [0.1, 0.15) is 46.0 Å². The lowest BCUT2D eigenvalue weighted by molar-refractivity contribution is -0.119. The minimum atomic E-state index is -3.75. The summed E-state index contributed by atoms with van der Waals surface area (Å²) in [7, 11) is -3.75. The van der Waals surface area contributed by atoms with Crippen molar-refractivity contribution >= 4 is 32.2 Å². The Hall–Kier alpha value is -1.22. The fourth-order valence-electron chi connectivity index (χ4n) is 4.18. The zero-order valence-corrected chi connectivity index (χ0v) is 16.3. The largest absolute Gasteiger partial charge is 0.360 e. The van der Waals surface area contributed by atoms with Crippen molar-refractivity contribution in [2.24, 2.45) is 17.8 Å². The van der Waals surface area contributed by atoms with E-state index < -0.39 is 21.5 Å². The lowest BCUT2D eigenvalue weighted by Gasteiger charge is -2.28. The Morgan fingerprint density at radius 2 is 2.12 bits per heavy atom. The van der Waals surface area contributed by atoms with Crippen LogP contribution in [0.15, 0.2) is 4.34 Å². The van der Waals surface area contributed by atoms with Gasteiger partial charge in [-0.25, -0.2) is 8.42 Å². The molecule has 2 N–H and O–H groups in total. The molecule has 2 aliphatic rings. The van der Waals surface area contributed by atoms with Crippen molar-refractivity contribution in [3.8, 4) is 0 Å². The number of aromatic nitrogens is 2. The van der Waals surface area contributed by atoms with Gasteiger partial charge >= 0.3 is 0 Å². The van der Waals surface area contributed by atoms with E-state index in [0.29, 0.717) is 23.5 Å². The summed E-state index contributed by atoms with van der Waals surface area (Å²) in [6.07, 6.45) is 5.88. The summed E-state index contributed by atoms with van der Waals surface area (Å²) in [6, 6.07) is 0.0224. The molecule has 0 unspecified atom stereocenters. The molecule has 25 heavy (non-hydrogen) atoms. The number of nitrogens with zero attached hydrogens (tertiary/aromatic N) is 2. The molecule has 0 spiro atoms. The Bertz CT molecular complexity index is 719. The molecule has 3 rings (SSSR count). The summed E-state index contributed by atoms with van der Waals surface area (Å²) in [4.78, 5) is 12.2. The first kappa shape index (κ1) is 18.6. The first-order valence-electron chi connectivity index (χ1n) is 8.98. The van der Waals surface area contributed by atoms with Crippen molar-refractivity contribution in [2.75, 3.05) is 17.6 Å². The van der Waals surface area contributed by atoms with Gasteiger partial charge in [0.15, 0.2) is 0 Å². The molecule has 2 aliphatic carbocycles. The molecule has 9 heteroatoms. The topological polar surface area (TPSA) is 101 Å². The van der Waals surface area contributed by atoms with E-state index in [0.717, 1.165) is 30.1 Å². The third kappa shape index (κ3) is 4.31. The van der Waals surface area contributed by atoms with E-state index in [1.165, 1.54) is 19.3 Å². The van der Waals surface area contributed by atoms with Crippen LogP contribution in [0.25, 0.3) is 0 Å². The maximum atomic E-state index is 12.4. The predicted molar refractivity (Wildman–Crippen MR) is 97.3 cm³/mol. The van der Waals surface area contributed by atoms with Crippen LogP contribution in [0.4, 0.5) is 5.13 Å². The van der Waals surface area contributed by atoms with Crippen LogP contribution in [-0.2, 0) is 14.6 Å². The van der Waals surface area contributed by atoms with Gasteiger partial charge in [-0.1, -0.05) is 24.7 Å². The normalized spacial score (nSPS) is 26.6. The number of hydrogen-bond donors (Lipinski definition) is 2. The molecular formula is C16H26N4O3S2. The average molecular weight is 387 g/mol. The summed E-state index contributed by atoms with van der Waals surface area (Å²) in [5, 5.41) is 13.9. The van der Waals surface area contributed by atoms with Gasteiger partial charge < -0.3 is 10.6 Å². The molecule has 0 aromatic carbocycles. The number of nitrogens with one attached hydrogen (secondary N) is 2. The maximum Gasteiger partial charge on any atom is 0.235 e. The van der Waals surface area contributed by atoms with Crippen LogP contribution < -0.4 is 10.6 Å². The molecule has 2 bridgehead atoms. The third-order valence-corrected chi connectivity index (χ3v) is 8.29. The maximum absolute atomic E-state index is 12.4. The Kier molecular flexibility index (Phi) is 5.62. The number of carbonyl (C=O) groups excluding carboxylic acids is 1. The molecule has 0 radical (unpaired) electrons. The van der Waals surface area contributed by atoms with Crippen molar-refractivity contribution in [3.63, 3.8) is 0 Å².